The highest BCUT2D eigenvalue weighted by atomic mass is 19.1. The van der Waals surface area contributed by atoms with Crippen molar-refractivity contribution in [2.24, 2.45) is 0 Å². The lowest BCUT2D eigenvalue weighted by molar-refractivity contribution is 0.0806. The Morgan fingerprint density at radius 1 is 1.60 bits per heavy atom. The second-order valence-electron chi connectivity index (χ2n) is 3.75. The summed E-state index contributed by atoms with van der Waals surface area (Å²) in [5.41, 5.74) is 0.851. The number of nitrogens with one attached hydrogen (secondary N) is 1. The summed E-state index contributed by atoms with van der Waals surface area (Å²) in [6, 6.07) is 1.55. The molecular formula is C11H15FN2O. The Hall–Kier alpha value is -1.00. The molecule has 1 fully saturated rings. The Kier molecular flexibility index (Phi) is 3.28. The topological polar surface area (TPSA) is 34.2 Å². The molecule has 2 unspecified atom stereocenters. The van der Waals surface area contributed by atoms with Gasteiger partial charge in [0.1, 0.15) is 5.82 Å². The Morgan fingerprint density at radius 3 is 3.07 bits per heavy atom. The summed E-state index contributed by atoms with van der Waals surface area (Å²) >= 11 is 0. The largest absolute Gasteiger partial charge is 0.376 e. The molecule has 0 radical (unpaired) electrons. The number of nitrogens with zero attached hydrogens (tertiary/aromatic N) is 1. The van der Waals surface area contributed by atoms with Gasteiger partial charge in [0, 0.05) is 12.8 Å². The third-order valence-corrected chi connectivity index (χ3v) is 2.73. The van der Waals surface area contributed by atoms with Crippen LogP contribution in [0, 0.1) is 5.82 Å². The minimum Gasteiger partial charge on any atom is -0.376 e. The Balaban J connectivity index is 2.18. The summed E-state index contributed by atoms with van der Waals surface area (Å²) in [6.07, 6.45) is 5.13. The van der Waals surface area contributed by atoms with Gasteiger partial charge in [-0.25, -0.2) is 4.39 Å². The van der Waals surface area contributed by atoms with Gasteiger partial charge in [0.25, 0.3) is 0 Å². The van der Waals surface area contributed by atoms with Gasteiger partial charge in [0.15, 0.2) is 0 Å². The van der Waals surface area contributed by atoms with Crippen molar-refractivity contribution in [3.8, 4) is 0 Å². The monoisotopic (exact) mass is 210 g/mol. The lowest BCUT2D eigenvalue weighted by Crippen LogP contribution is -2.29. The standard InChI is InChI=1S/C11H15FN2O/c1-13-11(10-3-2-4-15-10)8-5-9(12)7-14-6-8/h5-7,10-11,13H,2-4H2,1H3. The fourth-order valence-electron chi connectivity index (χ4n) is 2.03. The molecule has 1 saturated heterocycles. The van der Waals surface area contributed by atoms with E-state index in [-0.39, 0.29) is 18.0 Å². The molecule has 2 heterocycles. The third-order valence-electron chi connectivity index (χ3n) is 2.73. The van der Waals surface area contributed by atoms with E-state index in [0.717, 1.165) is 25.0 Å². The van der Waals surface area contributed by atoms with Crippen LogP contribution in [0.15, 0.2) is 18.5 Å². The molecule has 1 aliphatic heterocycles. The van der Waals surface area contributed by atoms with Gasteiger partial charge in [-0.05, 0) is 31.5 Å². The zero-order valence-corrected chi connectivity index (χ0v) is 8.74. The van der Waals surface area contributed by atoms with Gasteiger partial charge >= 0.3 is 0 Å². The van der Waals surface area contributed by atoms with Crippen molar-refractivity contribution in [2.75, 3.05) is 13.7 Å². The van der Waals surface area contributed by atoms with Crippen LogP contribution in [-0.2, 0) is 4.74 Å². The molecule has 2 rings (SSSR count). The highest BCUT2D eigenvalue weighted by molar-refractivity contribution is 5.16. The number of ether oxygens (including phenoxy) is 1. The number of hydrogen-bond donors (Lipinski definition) is 1. The van der Waals surface area contributed by atoms with Crippen molar-refractivity contribution in [3.05, 3.63) is 29.8 Å². The normalized spacial score (nSPS) is 22.9. The SMILES string of the molecule is CNC(c1cncc(F)c1)C1CCCO1. The van der Waals surface area contributed by atoms with E-state index in [1.165, 1.54) is 12.3 Å². The summed E-state index contributed by atoms with van der Waals surface area (Å²) in [4.78, 5) is 3.85. The second-order valence-corrected chi connectivity index (χ2v) is 3.75. The second kappa shape index (κ2) is 4.68. The van der Waals surface area contributed by atoms with Gasteiger partial charge in [-0.3, -0.25) is 4.98 Å². The van der Waals surface area contributed by atoms with E-state index in [4.69, 9.17) is 4.74 Å². The number of likely N-dealkylation sites (N-methyl/N-ethyl adjacent to an activating group) is 1. The van der Waals surface area contributed by atoms with E-state index in [1.54, 1.807) is 6.20 Å². The molecule has 4 heteroatoms. The molecule has 1 N–H and O–H groups in total. The maximum absolute atomic E-state index is 13.0. The van der Waals surface area contributed by atoms with Crippen LogP contribution in [0.3, 0.4) is 0 Å². The zero-order valence-electron chi connectivity index (χ0n) is 8.74. The average molecular weight is 210 g/mol. The van der Waals surface area contributed by atoms with Crippen molar-refractivity contribution >= 4 is 0 Å². The molecule has 0 amide bonds. The number of aromatic nitrogens is 1. The third kappa shape index (κ3) is 2.33. The Bertz CT molecular complexity index is 326. The lowest BCUT2D eigenvalue weighted by Gasteiger charge is -2.22. The summed E-state index contributed by atoms with van der Waals surface area (Å²) in [5.74, 6) is -0.300. The van der Waals surface area contributed by atoms with Crippen LogP contribution in [-0.4, -0.2) is 24.7 Å². The van der Waals surface area contributed by atoms with Crippen molar-refractivity contribution in [1.29, 1.82) is 0 Å². The van der Waals surface area contributed by atoms with E-state index in [9.17, 15) is 4.39 Å². The fourth-order valence-corrected chi connectivity index (χ4v) is 2.03. The van der Waals surface area contributed by atoms with E-state index < -0.39 is 0 Å². The molecule has 1 aromatic rings. The summed E-state index contributed by atoms with van der Waals surface area (Å²) in [7, 11) is 1.86. The Labute approximate surface area is 88.7 Å². The number of pyridine rings is 1. The fraction of sp³-hybridized carbons (Fsp3) is 0.545. The first-order valence-electron chi connectivity index (χ1n) is 5.20. The molecule has 0 bridgehead atoms. The van der Waals surface area contributed by atoms with Gasteiger partial charge < -0.3 is 10.1 Å². The summed E-state index contributed by atoms with van der Waals surface area (Å²) < 4.78 is 18.6. The summed E-state index contributed by atoms with van der Waals surface area (Å²) in [6.45, 7) is 0.797. The first-order valence-corrected chi connectivity index (χ1v) is 5.20. The number of hydrogen-bond acceptors (Lipinski definition) is 3. The number of halogens is 1. The minimum atomic E-state index is -0.300. The minimum absolute atomic E-state index is 0.0377. The van der Waals surface area contributed by atoms with Crippen molar-refractivity contribution in [3.63, 3.8) is 0 Å². The van der Waals surface area contributed by atoms with Crippen LogP contribution in [0.1, 0.15) is 24.4 Å². The highest BCUT2D eigenvalue weighted by Gasteiger charge is 2.26. The molecule has 15 heavy (non-hydrogen) atoms. The maximum Gasteiger partial charge on any atom is 0.141 e. The van der Waals surface area contributed by atoms with Crippen molar-refractivity contribution < 1.29 is 9.13 Å². The van der Waals surface area contributed by atoms with E-state index in [2.05, 4.69) is 10.3 Å². The highest BCUT2D eigenvalue weighted by Crippen LogP contribution is 2.26. The van der Waals surface area contributed by atoms with Crippen LogP contribution in [0.5, 0.6) is 0 Å². The first kappa shape index (κ1) is 10.5. The quantitative estimate of drug-likeness (QED) is 0.823. The molecule has 2 atom stereocenters. The van der Waals surface area contributed by atoms with Gasteiger partial charge in [-0.1, -0.05) is 0 Å². The van der Waals surface area contributed by atoms with Gasteiger partial charge in [0.2, 0.25) is 0 Å². The van der Waals surface area contributed by atoms with Crippen LogP contribution >= 0.6 is 0 Å². The van der Waals surface area contributed by atoms with Crippen molar-refractivity contribution in [1.82, 2.24) is 10.3 Å². The first-order chi connectivity index (χ1) is 7.31. The Morgan fingerprint density at radius 2 is 2.47 bits per heavy atom. The van der Waals surface area contributed by atoms with Crippen LogP contribution in [0.25, 0.3) is 0 Å². The lowest BCUT2D eigenvalue weighted by atomic mass is 10.0. The van der Waals surface area contributed by atoms with Gasteiger partial charge in [0.05, 0.1) is 18.3 Å². The molecule has 0 aliphatic carbocycles. The van der Waals surface area contributed by atoms with E-state index >= 15 is 0 Å². The molecule has 1 aliphatic rings. The maximum atomic E-state index is 13.0. The molecule has 82 valence electrons. The van der Waals surface area contributed by atoms with Crippen LogP contribution < -0.4 is 5.32 Å². The zero-order chi connectivity index (χ0) is 10.7. The van der Waals surface area contributed by atoms with Crippen molar-refractivity contribution in [2.45, 2.75) is 25.0 Å². The molecule has 0 saturated carbocycles. The molecule has 0 spiro atoms. The predicted molar refractivity (Wildman–Crippen MR) is 55.0 cm³/mol. The molecule has 1 aromatic heterocycles. The molecule has 3 nitrogen and oxygen atoms in total. The van der Waals surface area contributed by atoms with Gasteiger partial charge in [-0.2, -0.15) is 0 Å². The van der Waals surface area contributed by atoms with E-state index in [0.29, 0.717) is 0 Å². The van der Waals surface area contributed by atoms with Gasteiger partial charge in [-0.15, -0.1) is 0 Å². The smallest absolute Gasteiger partial charge is 0.141 e. The predicted octanol–water partition coefficient (Wildman–Crippen LogP) is 1.66. The molecular weight excluding hydrogens is 195 g/mol. The molecule has 0 aromatic carbocycles. The average Bonchev–Trinajstić information content (AvgIpc) is 2.72. The van der Waals surface area contributed by atoms with E-state index in [1.807, 2.05) is 7.05 Å². The summed E-state index contributed by atoms with van der Waals surface area (Å²) in [5, 5.41) is 3.16. The van der Waals surface area contributed by atoms with Crippen LogP contribution in [0.4, 0.5) is 4.39 Å². The number of rotatable bonds is 3. The van der Waals surface area contributed by atoms with Crippen LogP contribution in [0.2, 0.25) is 0 Å².